The van der Waals surface area contributed by atoms with Crippen molar-refractivity contribution in [1.29, 1.82) is 0 Å². The minimum Gasteiger partial charge on any atom is -0.398 e. The van der Waals surface area contributed by atoms with Gasteiger partial charge in [0.25, 0.3) is 0 Å². The van der Waals surface area contributed by atoms with E-state index in [4.69, 9.17) is 5.73 Å². The van der Waals surface area contributed by atoms with E-state index in [1.54, 1.807) is 0 Å². The Labute approximate surface area is 175 Å². The molecule has 2 aromatic rings. The number of piperidine rings is 1. The summed E-state index contributed by atoms with van der Waals surface area (Å²) >= 11 is 0. The molecule has 4 N–H and O–H groups in total. The predicted octanol–water partition coefficient (Wildman–Crippen LogP) is 4.35. The van der Waals surface area contributed by atoms with Crippen molar-refractivity contribution >= 4 is 23.1 Å². The maximum atomic E-state index is 13.2. The number of aromatic nitrogens is 2. The summed E-state index contributed by atoms with van der Waals surface area (Å²) in [4.78, 5) is 11.3. The van der Waals surface area contributed by atoms with Gasteiger partial charge in [-0.2, -0.15) is 18.2 Å². The Morgan fingerprint density at radius 1 is 1.20 bits per heavy atom. The van der Waals surface area contributed by atoms with Crippen LogP contribution < -0.4 is 21.3 Å². The molecular formula is C21H29F3N6. The van der Waals surface area contributed by atoms with Gasteiger partial charge in [-0.1, -0.05) is 20.3 Å². The van der Waals surface area contributed by atoms with Gasteiger partial charge in [0.15, 0.2) is 0 Å². The number of nitrogen functional groups attached to an aromatic ring is 1. The third kappa shape index (κ3) is 5.53. The zero-order valence-electron chi connectivity index (χ0n) is 17.4. The van der Waals surface area contributed by atoms with Gasteiger partial charge in [-0.15, -0.1) is 0 Å². The third-order valence-electron chi connectivity index (χ3n) is 5.12. The number of nitrogens with one attached hydrogen (secondary N) is 2. The van der Waals surface area contributed by atoms with Gasteiger partial charge >= 0.3 is 6.18 Å². The van der Waals surface area contributed by atoms with Crippen molar-refractivity contribution in [2.45, 2.75) is 51.7 Å². The van der Waals surface area contributed by atoms with Crippen LogP contribution in [0, 0.1) is 0 Å². The molecule has 30 heavy (non-hydrogen) atoms. The largest absolute Gasteiger partial charge is 0.418 e. The second-order valence-corrected chi connectivity index (χ2v) is 7.56. The summed E-state index contributed by atoms with van der Waals surface area (Å²) in [5, 5.41) is 6.42. The standard InChI is InChI=1S/C21H29F3N6/c1-3-6-14-12-19(30-10-5-7-16(13-30)26-4-2)29-20(27-14)28-15-8-9-18(25)17(11-15)21(22,23)24/h8-9,11-12,16,26H,3-7,10,13,25H2,1-2H3,(H,27,28,29). The van der Waals surface area contributed by atoms with Crippen LogP contribution in [0.3, 0.4) is 0 Å². The van der Waals surface area contributed by atoms with Crippen LogP contribution >= 0.6 is 0 Å². The topological polar surface area (TPSA) is 79.1 Å². The number of likely N-dealkylation sites (N-methyl/N-ethyl adjacent to an activating group) is 1. The van der Waals surface area contributed by atoms with Gasteiger partial charge in [0.2, 0.25) is 5.95 Å². The third-order valence-corrected chi connectivity index (χ3v) is 5.12. The first-order valence-electron chi connectivity index (χ1n) is 10.4. The summed E-state index contributed by atoms with van der Waals surface area (Å²) in [5.41, 5.74) is 5.43. The Kier molecular flexibility index (Phi) is 7.02. The molecule has 1 aromatic heterocycles. The summed E-state index contributed by atoms with van der Waals surface area (Å²) in [6.45, 7) is 6.80. The van der Waals surface area contributed by atoms with Crippen LogP contribution in [0.15, 0.2) is 24.3 Å². The fourth-order valence-electron chi connectivity index (χ4n) is 3.73. The van der Waals surface area contributed by atoms with Gasteiger partial charge in [-0.05, 0) is 44.0 Å². The monoisotopic (exact) mass is 422 g/mol. The number of nitrogens with two attached hydrogens (primary N) is 1. The first-order valence-corrected chi connectivity index (χ1v) is 10.4. The van der Waals surface area contributed by atoms with E-state index in [0.717, 1.165) is 62.9 Å². The SMILES string of the molecule is CCCc1cc(N2CCCC(NCC)C2)nc(Nc2ccc(N)c(C(F)(F)F)c2)n1. The van der Waals surface area contributed by atoms with E-state index in [9.17, 15) is 13.2 Å². The van der Waals surface area contributed by atoms with E-state index in [0.29, 0.717) is 12.0 Å². The maximum Gasteiger partial charge on any atom is 0.418 e. The minimum atomic E-state index is -4.52. The summed E-state index contributed by atoms with van der Waals surface area (Å²) in [5.74, 6) is 1.09. The number of halogens is 3. The zero-order valence-corrected chi connectivity index (χ0v) is 17.4. The average molecular weight is 422 g/mol. The molecule has 1 fully saturated rings. The Balaban J connectivity index is 1.88. The highest BCUT2D eigenvalue weighted by Gasteiger charge is 2.33. The number of alkyl halides is 3. The highest BCUT2D eigenvalue weighted by Crippen LogP contribution is 2.35. The molecule has 1 saturated heterocycles. The van der Waals surface area contributed by atoms with E-state index in [2.05, 4.69) is 39.3 Å². The predicted molar refractivity (Wildman–Crippen MR) is 114 cm³/mol. The van der Waals surface area contributed by atoms with Crippen molar-refractivity contribution in [1.82, 2.24) is 15.3 Å². The van der Waals surface area contributed by atoms with Gasteiger partial charge in [0, 0.05) is 42.3 Å². The lowest BCUT2D eigenvalue weighted by atomic mass is 10.1. The maximum absolute atomic E-state index is 13.2. The lowest BCUT2D eigenvalue weighted by Crippen LogP contribution is -2.46. The molecular weight excluding hydrogens is 393 g/mol. The first-order chi connectivity index (χ1) is 14.3. The second kappa shape index (κ2) is 9.51. The van der Waals surface area contributed by atoms with Crippen molar-refractivity contribution in [3.63, 3.8) is 0 Å². The molecule has 3 rings (SSSR count). The second-order valence-electron chi connectivity index (χ2n) is 7.56. The van der Waals surface area contributed by atoms with Gasteiger partial charge in [0.1, 0.15) is 5.82 Å². The molecule has 6 nitrogen and oxygen atoms in total. The molecule has 1 aliphatic rings. The molecule has 1 atom stereocenters. The zero-order chi connectivity index (χ0) is 21.7. The van der Waals surface area contributed by atoms with Crippen LogP contribution in [0.1, 0.15) is 44.4 Å². The smallest absolute Gasteiger partial charge is 0.398 e. The highest BCUT2D eigenvalue weighted by atomic mass is 19.4. The number of rotatable bonds is 7. The van der Waals surface area contributed by atoms with Gasteiger partial charge in [-0.25, -0.2) is 4.98 Å². The van der Waals surface area contributed by atoms with Crippen LogP contribution in [0.25, 0.3) is 0 Å². The summed E-state index contributed by atoms with van der Waals surface area (Å²) in [6, 6.07) is 6.12. The molecule has 9 heteroatoms. The van der Waals surface area contributed by atoms with Crippen molar-refractivity contribution in [2.24, 2.45) is 0 Å². The van der Waals surface area contributed by atoms with Crippen LogP contribution in [0.5, 0.6) is 0 Å². The quantitative estimate of drug-likeness (QED) is 0.576. The number of aryl methyl sites for hydroxylation is 1. The molecule has 0 saturated carbocycles. The number of benzene rings is 1. The van der Waals surface area contributed by atoms with E-state index >= 15 is 0 Å². The van der Waals surface area contributed by atoms with Crippen LogP contribution in [-0.4, -0.2) is 35.6 Å². The van der Waals surface area contributed by atoms with E-state index < -0.39 is 11.7 Å². The van der Waals surface area contributed by atoms with E-state index in [1.165, 1.54) is 12.1 Å². The molecule has 0 radical (unpaired) electrons. The Bertz CT molecular complexity index is 853. The fourth-order valence-corrected chi connectivity index (χ4v) is 3.73. The lowest BCUT2D eigenvalue weighted by Gasteiger charge is -2.34. The Morgan fingerprint density at radius 3 is 2.70 bits per heavy atom. The molecule has 0 amide bonds. The van der Waals surface area contributed by atoms with Crippen molar-refractivity contribution < 1.29 is 13.2 Å². The normalized spacial score (nSPS) is 17.2. The molecule has 164 valence electrons. The van der Waals surface area contributed by atoms with Crippen LogP contribution in [-0.2, 0) is 12.6 Å². The highest BCUT2D eigenvalue weighted by molar-refractivity contribution is 5.63. The van der Waals surface area contributed by atoms with E-state index in [1.807, 2.05) is 6.07 Å². The van der Waals surface area contributed by atoms with Crippen molar-refractivity contribution in [3.8, 4) is 0 Å². The summed E-state index contributed by atoms with van der Waals surface area (Å²) < 4.78 is 39.6. The molecule has 0 bridgehead atoms. The molecule has 1 aromatic carbocycles. The first kappa shape index (κ1) is 22.1. The van der Waals surface area contributed by atoms with Crippen molar-refractivity contribution in [2.75, 3.05) is 35.6 Å². The van der Waals surface area contributed by atoms with Crippen LogP contribution in [0.4, 0.5) is 36.3 Å². The summed E-state index contributed by atoms with van der Waals surface area (Å²) in [7, 11) is 0. The average Bonchev–Trinajstić information content (AvgIpc) is 2.69. The molecule has 0 aliphatic carbocycles. The lowest BCUT2D eigenvalue weighted by molar-refractivity contribution is -0.136. The Morgan fingerprint density at radius 2 is 2.00 bits per heavy atom. The Hall–Kier alpha value is -2.55. The van der Waals surface area contributed by atoms with Crippen molar-refractivity contribution in [3.05, 3.63) is 35.5 Å². The van der Waals surface area contributed by atoms with E-state index in [-0.39, 0.29) is 11.4 Å². The number of hydrogen-bond acceptors (Lipinski definition) is 6. The summed E-state index contributed by atoms with van der Waals surface area (Å²) in [6.07, 6.45) is -0.665. The van der Waals surface area contributed by atoms with Crippen LogP contribution in [0.2, 0.25) is 0 Å². The minimum absolute atomic E-state index is 0.250. The molecule has 0 spiro atoms. The van der Waals surface area contributed by atoms with Gasteiger partial charge in [-0.3, -0.25) is 0 Å². The molecule has 1 aliphatic heterocycles. The fraction of sp³-hybridized carbons (Fsp3) is 0.524. The number of hydrogen-bond donors (Lipinski definition) is 3. The number of nitrogens with zero attached hydrogens (tertiary/aromatic N) is 3. The number of anilines is 4. The molecule has 2 heterocycles. The van der Waals surface area contributed by atoms with Gasteiger partial charge < -0.3 is 21.3 Å². The molecule has 1 unspecified atom stereocenters. The van der Waals surface area contributed by atoms with Gasteiger partial charge in [0.05, 0.1) is 5.56 Å².